The summed E-state index contributed by atoms with van der Waals surface area (Å²) in [6.07, 6.45) is 4.76. The standard InChI is InChI=1S/C9H15NO2/c11-8-5-4-7(8)10-9(12)6-2-1-3-6/h6-8,11H,1-5H2,(H,10,12)/t7-,8-/m1/s1. The van der Waals surface area contributed by atoms with Crippen molar-refractivity contribution in [2.75, 3.05) is 0 Å². The second-order valence-corrected chi connectivity index (χ2v) is 3.89. The Hall–Kier alpha value is -0.570. The monoisotopic (exact) mass is 169 g/mol. The van der Waals surface area contributed by atoms with Crippen LogP contribution in [0.5, 0.6) is 0 Å². The van der Waals surface area contributed by atoms with Gasteiger partial charge < -0.3 is 10.4 Å². The maximum absolute atomic E-state index is 11.4. The van der Waals surface area contributed by atoms with E-state index in [1.54, 1.807) is 0 Å². The molecule has 2 atom stereocenters. The van der Waals surface area contributed by atoms with E-state index in [9.17, 15) is 9.90 Å². The number of hydrogen-bond acceptors (Lipinski definition) is 2. The van der Waals surface area contributed by atoms with E-state index in [0.717, 1.165) is 25.7 Å². The smallest absolute Gasteiger partial charge is 0.223 e. The van der Waals surface area contributed by atoms with Crippen LogP contribution in [-0.4, -0.2) is 23.2 Å². The molecule has 0 aromatic heterocycles. The molecule has 0 heterocycles. The van der Waals surface area contributed by atoms with Gasteiger partial charge in [0.1, 0.15) is 0 Å². The summed E-state index contributed by atoms with van der Waals surface area (Å²) in [5, 5.41) is 12.1. The molecule has 0 aromatic carbocycles. The zero-order chi connectivity index (χ0) is 8.55. The molecule has 1 amide bonds. The molecule has 2 fully saturated rings. The van der Waals surface area contributed by atoms with E-state index < -0.39 is 0 Å². The Labute approximate surface area is 72.2 Å². The van der Waals surface area contributed by atoms with Gasteiger partial charge in [0.15, 0.2) is 0 Å². The highest BCUT2D eigenvalue weighted by molar-refractivity contribution is 5.79. The van der Waals surface area contributed by atoms with E-state index in [2.05, 4.69) is 5.32 Å². The van der Waals surface area contributed by atoms with Crippen molar-refractivity contribution >= 4 is 5.91 Å². The van der Waals surface area contributed by atoms with Crippen LogP contribution in [0.2, 0.25) is 0 Å². The molecule has 2 saturated carbocycles. The van der Waals surface area contributed by atoms with Crippen molar-refractivity contribution in [1.29, 1.82) is 0 Å². The Morgan fingerprint density at radius 1 is 1.25 bits per heavy atom. The van der Waals surface area contributed by atoms with Crippen LogP contribution in [0.4, 0.5) is 0 Å². The van der Waals surface area contributed by atoms with Crippen LogP contribution < -0.4 is 5.32 Å². The van der Waals surface area contributed by atoms with E-state index in [1.165, 1.54) is 6.42 Å². The van der Waals surface area contributed by atoms with Crippen LogP contribution in [0.3, 0.4) is 0 Å². The second-order valence-electron chi connectivity index (χ2n) is 3.89. The highest BCUT2D eigenvalue weighted by Crippen LogP contribution is 2.27. The van der Waals surface area contributed by atoms with Crippen molar-refractivity contribution in [2.45, 2.75) is 44.2 Å². The molecule has 0 radical (unpaired) electrons. The minimum Gasteiger partial charge on any atom is -0.391 e. The maximum atomic E-state index is 11.4. The quantitative estimate of drug-likeness (QED) is 0.629. The van der Waals surface area contributed by atoms with Gasteiger partial charge in [-0.3, -0.25) is 4.79 Å². The Bertz CT molecular complexity index is 189. The van der Waals surface area contributed by atoms with Crippen LogP contribution in [0.25, 0.3) is 0 Å². The zero-order valence-electron chi connectivity index (χ0n) is 7.12. The Kier molecular flexibility index (Phi) is 2.05. The van der Waals surface area contributed by atoms with Crippen molar-refractivity contribution in [3.63, 3.8) is 0 Å². The van der Waals surface area contributed by atoms with Gasteiger partial charge in [0.05, 0.1) is 12.1 Å². The van der Waals surface area contributed by atoms with Crippen LogP contribution >= 0.6 is 0 Å². The number of hydrogen-bond donors (Lipinski definition) is 2. The largest absolute Gasteiger partial charge is 0.391 e. The molecule has 2 N–H and O–H groups in total. The Morgan fingerprint density at radius 2 is 2.00 bits per heavy atom. The number of aliphatic hydroxyl groups is 1. The lowest BCUT2D eigenvalue weighted by molar-refractivity contribution is -0.130. The number of rotatable bonds is 2. The number of nitrogens with one attached hydrogen (secondary N) is 1. The molecule has 2 aliphatic carbocycles. The fraction of sp³-hybridized carbons (Fsp3) is 0.889. The summed E-state index contributed by atoms with van der Waals surface area (Å²) in [7, 11) is 0. The average molecular weight is 169 g/mol. The van der Waals surface area contributed by atoms with E-state index in [4.69, 9.17) is 0 Å². The summed E-state index contributed by atoms with van der Waals surface area (Å²) >= 11 is 0. The Morgan fingerprint density at radius 3 is 2.33 bits per heavy atom. The van der Waals surface area contributed by atoms with Gasteiger partial charge in [-0.05, 0) is 25.7 Å². The molecule has 68 valence electrons. The van der Waals surface area contributed by atoms with Crippen molar-refractivity contribution in [1.82, 2.24) is 5.32 Å². The van der Waals surface area contributed by atoms with Crippen LogP contribution in [-0.2, 0) is 4.79 Å². The average Bonchev–Trinajstić information content (AvgIpc) is 1.94. The van der Waals surface area contributed by atoms with Gasteiger partial charge >= 0.3 is 0 Å². The normalized spacial score (nSPS) is 35.1. The van der Waals surface area contributed by atoms with E-state index in [-0.39, 0.29) is 24.0 Å². The molecular weight excluding hydrogens is 154 g/mol. The maximum Gasteiger partial charge on any atom is 0.223 e. The summed E-state index contributed by atoms with van der Waals surface area (Å²) in [4.78, 5) is 11.4. The van der Waals surface area contributed by atoms with Gasteiger partial charge in [0, 0.05) is 5.92 Å². The molecule has 0 bridgehead atoms. The first-order chi connectivity index (χ1) is 5.77. The van der Waals surface area contributed by atoms with E-state index in [1.807, 2.05) is 0 Å². The molecule has 0 aliphatic heterocycles. The summed E-state index contributed by atoms with van der Waals surface area (Å²) < 4.78 is 0. The fourth-order valence-corrected chi connectivity index (χ4v) is 1.62. The predicted octanol–water partition coefficient (Wildman–Crippen LogP) is 0.426. The first kappa shape index (κ1) is 8.05. The van der Waals surface area contributed by atoms with E-state index >= 15 is 0 Å². The molecule has 2 aliphatic rings. The SMILES string of the molecule is O=C(N[C@@H]1CC[C@H]1O)C1CCC1. The predicted molar refractivity (Wildman–Crippen MR) is 44.5 cm³/mol. The lowest BCUT2D eigenvalue weighted by Crippen LogP contribution is -2.52. The molecular formula is C9H15NO2. The second kappa shape index (κ2) is 3.05. The van der Waals surface area contributed by atoms with Crippen molar-refractivity contribution < 1.29 is 9.90 Å². The number of aliphatic hydroxyl groups excluding tert-OH is 1. The number of carbonyl (C=O) groups is 1. The van der Waals surface area contributed by atoms with Gasteiger partial charge in [0.2, 0.25) is 5.91 Å². The zero-order valence-corrected chi connectivity index (χ0v) is 7.12. The third-order valence-corrected chi connectivity index (χ3v) is 3.04. The lowest BCUT2D eigenvalue weighted by Gasteiger charge is -2.35. The summed E-state index contributed by atoms with van der Waals surface area (Å²) in [6, 6.07) is 0.0538. The molecule has 0 aromatic rings. The molecule has 3 heteroatoms. The third-order valence-electron chi connectivity index (χ3n) is 3.04. The van der Waals surface area contributed by atoms with Gasteiger partial charge in [-0.1, -0.05) is 6.42 Å². The number of carbonyl (C=O) groups excluding carboxylic acids is 1. The van der Waals surface area contributed by atoms with Crippen molar-refractivity contribution in [3.8, 4) is 0 Å². The third kappa shape index (κ3) is 1.33. The topological polar surface area (TPSA) is 49.3 Å². The van der Waals surface area contributed by atoms with Gasteiger partial charge in [-0.25, -0.2) is 0 Å². The van der Waals surface area contributed by atoms with Gasteiger partial charge in [-0.15, -0.1) is 0 Å². The number of amides is 1. The van der Waals surface area contributed by atoms with Gasteiger partial charge in [0.25, 0.3) is 0 Å². The summed E-state index contributed by atoms with van der Waals surface area (Å²) in [5.41, 5.74) is 0. The Balaban J connectivity index is 1.74. The minimum absolute atomic E-state index is 0.0538. The summed E-state index contributed by atoms with van der Waals surface area (Å²) in [6.45, 7) is 0. The van der Waals surface area contributed by atoms with Crippen LogP contribution in [0.15, 0.2) is 0 Å². The highest BCUT2D eigenvalue weighted by Gasteiger charge is 2.33. The first-order valence-electron chi connectivity index (χ1n) is 4.76. The van der Waals surface area contributed by atoms with Crippen molar-refractivity contribution in [2.24, 2.45) is 5.92 Å². The molecule has 0 saturated heterocycles. The molecule has 0 unspecified atom stereocenters. The van der Waals surface area contributed by atoms with Crippen molar-refractivity contribution in [3.05, 3.63) is 0 Å². The molecule has 2 rings (SSSR count). The summed E-state index contributed by atoms with van der Waals surface area (Å²) in [5.74, 6) is 0.405. The molecule has 3 nitrogen and oxygen atoms in total. The minimum atomic E-state index is -0.283. The lowest BCUT2D eigenvalue weighted by atomic mass is 9.83. The first-order valence-corrected chi connectivity index (χ1v) is 4.76. The molecule has 12 heavy (non-hydrogen) atoms. The van der Waals surface area contributed by atoms with Gasteiger partial charge in [-0.2, -0.15) is 0 Å². The molecule has 0 spiro atoms. The fourth-order valence-electron chi connectivity index (χ4n) is 1.62. The van der Waals surface area contributed by atoms with Crippen LogP contribution in [0, 0.1) is 5.92 Å². The van der Waals surface area contributed by atoms with E-state index in [0.29, 0.717) is 0 Å². The van der Waals surface area contributed by atoms with Crippen LogP contribution in [0.1, 0.15) is 32.1 Å². The highest BCUT2D eigenvalue weighted by atomic mass is 16.3.